The van der Waals surface area contributed by atoms with Crippen LogP contribution in [0.2, 0.25) is 0 Å². The van der Waals surface area contributed by atoms with Crippen LogP contribution in [0.3, 0.4) is 0 Å². The van der Waals surface area contributed by atoms with Crippen LogP contribution in [0.15, 0.2) is 67.0 Å². The molecule has 120 valence electrons. The molecule has 21 heavy (non-hydrogen) atoms. The summed E-state index contributed by atoms with van der Waals surface area (Å²) in [5.41, 5.74) is 0. The van der Waals surface area contributed by atoms with Gasteiger partial charge in [-0.15, -0.1) is 29.7 Å². The Morgan fingerprint density at radius 1 is 0.762 bits per heavy atom. The van der Waals surface area contributed by atoms with Gasteiger partial charge in [0.25, 0.3) is 0 Å². The molecule has 2 heteroatoms. The van der Waals surface area contributed by atoms with Crippen molar-refractivity contribution in [3.63, 3.8) is 0 Å². The zero-order valence-electron chi connectivity index (χ0n) is 14.0. The summed E-state index contributed by atoms with van der Waals surface area (Å²) in [6, 6.07) is 18.4. The van der Waals surface area contributed by atoms with Crippen LogP contribution >= 0.6 is 0 Å². The van der Waals surface area contributed by atoms with Gasteiger partial charge < -0.3 is 42.1 Å². The van der Waals surface area contributed by atoms with E-state index in [-0.39, 0.29) is 37.1 Å². The first-order chi connectivity index (χ1) is 7.97. The van der Waals surface area contributed by atoms with Crippen LogP contribution in [0.5, 0.6) is 0 Å². The molecule has 0 aliphatic rings. The van der Waals surface area contributed by atoms with E-state index in [1.165, 1.54) is 35.0 Å². The zero-order chi connectivity index (χ0) is 11.6. The predicted octanol–water partition coefficient (Wildman–Crippen LogP) is 5.42. The summed E-state index contributed by atoms with van der Waals surface area (Å²) in [6.45, 7) is 0. The summed E-state index contributed by atoms with van der Waals surface area (Å²) in [5.74, 6) is 0. The van der Waals surface area contributed by atoms with Crippen LogP contribution in [0.25, 0.3) is 10.8 Å². The first kappa shape index (κ1) is 32.0. The van der Waals surface area contributed by atoms with Crippen LogP contribution in [-0.2, 0) is 24.2 Å². The molecule has 3 aromatic rings. The molecule has 0 fully saturated rings. The van der Waals surface area contributed by atoms with Gasteiger partial charge in [0.15, 0.2) is 0 Å². The van der Waals surface area contributed by atoms with E-state index in [1.807, 2.05) is 12.1 Å². The van der Waals surface area contributed by atoms with Crippen LogP contribution in [0.4, 0.5) is 0 Å². The van der Waals surface area contributed by atoms with E-state index in [1.54, 1.807) is 12.4 Å². The fourth-order valence-electron chi connectivity index (χ4n) is 1.32. The Morgan fingerprint density at radius 3 is 1.71 bits per heavy atom. The third kappa shape index (κ3) is 12.3. The van der Waals surface area contributed by atoms with Gasteiger partial charge in [0.2, 0.25) is 0 Å². The standard InChI is InChI=1S/C9H7.C4H4N.5CH3.CH2.Zr/c1-2-5-9-7-3-6-8(9)4-1;1-2-4-5-3-1;;;;;;;/h1-7H;1-4H;5*1H3;1H2;/q7*-1;;. The first-order valence-electron chi connectivity index (χ1n) is 4.94. The number of rotatable bonds is 0. The molecule has 3 rings (SSSR count). The van der Waals surface area contributed by atoms with Crippen molar-refractivity contribution in [2.75, 3.05) is 0 Å². The largest absolute Gasteiger partial charge is 0.670 e. The predicted molar refractivity (Wildman–Crippen MR) is 98.5 cm³/mol. The van der Waals surface area contributed by atoms with Crippen molar-refractivity contribution in [2.24, 2.45) is 0 Å². The second-order valence-electron chi connectivity index (χ2n) is 2.99. The van der Waals surface area contributed by atoms with E-state index in [2.05, 4.69) is 51.7 Å². The molecule has 0 saturated carbocycles. The number of fused-ring (bicyclic) bond motifs is 1. The van der Waals surface area contributed by atoms with E-state index in [0.29, 0.717) is 0 Å². The number of hydrogen-bond acceptors (Lipinski definition) is 0. The topological polar surface area (TPSA) is 14.1 Å². The molecule has 0 spiro atoms. The first-order valence-corrected chi connectivity index (χ1v) is 6.68. The van der Waals surface area contributed by atoms with Gasteiger partial charge in [-0.3, -0.25) is 0 Å². The van der Waals surface area contributed by atoms with Gasteiger partial charge in [-0.2, -0.15) is 29.9 Å². The van der Waals surface area contributed by atoms with Gasteiger partial charge >= 0.3 is 28.4 Å². The normalized spacial score (nSPS) is 6.43. The summed E-state index contributed by atoms with van der Waals surface area (Å²) in [6.07, 6.45) is 3.50. The van der Waals surface area contributed by atoms with Gasteiger partial charge in [0, 0.05) is 0 Å². The number of hydrogen-bond donors (Lipinski definition) is 0. The second-order valence-corrected chi connectivity index (χ2v) is 2.99. The minimum absolute atomic E-state index is 0. The van der Waals surface area contributed by atoms with Crippen molar-refractivity contribution < 1.29 is 24.2 Å². The monoisotopic (exact) mass is 360 g/mol. The quantitative estimate of drug-likeness (QED) is 0.488. The molecule has 0 radical (unpaired) electrons. The van der Waals surface area contributed by atoms with Gasteiger partial charge in [0.1, 0.15) is 0 Å². The molecular formula is C19H28NZr-7. The van der Waals surface area contributed by atoms with Crippen LogP contribution < -0.4 is 4.98 Å². The maximum atomic E-state index is 3.72. The Hall–Kier alpha value is -1.14. The molecular weight excluding hydrogens is 333 g/mol. The molecule has 0 saturated heterocycles. The van der Waals surface area contributed by atoms with Crippen molar-refractivity contribution in [3.05, 3.63) is 104 Å². The molecule has 0 unspecified atom stereocenters. The number of aromatic nitrogens is 1. The maximum absolute atomic E-state index is 3.72. The Labute approximate surface area is 148 Å². The van der Waals surface area contributed by atoms with Crippen molar-refractivity contribution in [1.82, 2.24) is 4.98 Å². The summed E-state index contributed by atoms with van der Waals surface area (Å²) >= 11 is 1.30. The average Bonchev–Trinajstić information content (AvgIpc) is 3.06. The average molecular weight is 362 g/mol. The van der Waals surface area contributed by atoms with E-state index in [4.69, 9.17) is 0 Å². The van der Waals surface area contributed by atoms with E-state index >= 15 is 0 Å². The van der Waals surface area contributed by atoms with Gasteiger partial charge in [-0.25, -0.2) is 0 Å². The Balaban J connectivity index is -0.0000000639. The van der Waals surface area contributed by atoms with Crippen molar-refractivity contribution in [2.45, 2.75) is 0 Å². The second kappa shape index (κ2) is 21.2. The summed E-state index contributed by atoms with van der Waals surface area (Å²) in [7, 11) is 0. The molecule has 0 atom stereocenters. The number of nitrogens with zero attached hydrogens (tertiary/aromatic N) is 1. The third-order valence-corrected chi connectivity index (χ3v) is 2.00. The molecule has 2 aromatic carbocycles. The molecule has 1 nitrogen and oxygen atoms in total. The Kier molecular flexibility index (Phi) is 32.2. The fraction of sp³-hybridized carbons (Fsp3) is 0. The van der Waals surface area contributed by atoms with E-state index in [9.17, 15) is 0 Å². The van der Waals surface area contributed by atoms with E-state index < -0.39 is 0 Å². The van der Waals surface area contributed by atoms with Crippen LogP contribution in [0.1, 0.15) is 0 Å². The van der Waals surface area contributed by atoms with Crippen molar-refractivity contribution >= 4 is 15.0 Å². The summed E-state index contributed by atoms with van der Waals surface area (Å²) < 4.78 is 3.34. The minimum atomic E-state index is 0. The molecule has 1 aromatic heterocycles. The van der Waals surface area contributed by atoms with Crippen molar-refractivity contribution in [1.29, 1.82) is 0 Å². The molecule has 0 N–H and O–H groups in total. The Bertz CT molecular complexity index is 436. The van der Waals surface area contributed by atoms with Gasteiger partial charge in [-0.1, -0.05) is 18.2 Å². The van der Waals surface area contributed by atoms with Crippen molar-refractivity contribution in [3.8, 4) is 0 Å². The zero-order valence-corrected chi connectivity index (χ0v) is 16.5. The molecule has 0 aliphatic heterocycles. The summed E-state index contributed by atoms with van der Waals surface area (Å²) in [5, 5.41) is 2.66. The SMILES string of the molecule is [CH2]=[Zr].[CH3-].[CH3-].[CH3-].[CH3-].[CH3-].c1cc[n-]c1.c1ccc2[cH-]ccc2c1. The molecule has 0 amide bonds. The molecule has 1 heterocycles. The fourth-order valence-corrected chi connectivity index (χ4v) is 1.32. The van der Waals surface area contributed by atoms with Crippen LogP contribution in [-0.4, -0.2) is 4.21 Å². The Morgan fingerprint density at radius 2 is 1.29 bits per heavy atom. The third-order valence-electron chi connectivity index (χ3n) is 2.00. The summed E-state index contributed by atoms with van der Waals surface area (Å²) in [4.78, 5) is 3.72. The van der Waals surface area contributed by atoms with Gasteiger partial charge in [-0.05, 0) is 0 Å². The molecule has 0 aliphatic carbocycles. The van der Waals surface area contributed by atoms with E-state index in [0.717, 1.165) is 0 Å². The number of benzene rings is 1. The smallest absolute Gasteiger partial charge is 0.0809 e. The minimum Gasteiger partial charge on any atom is -0.670 e. The van der Waals surface area contributed by atoms with Crippen LogP contribution in [0, 0.1) is 37.1 Å². The maximum Gasteiger partial charge on any atom is -0.0809 e. The van der Waals surface area contributed by atoms with Gasteiger partial charge in [0.05, 0.1) is 0 Å². The molecule has 0 bridgehead atoms.